The Labute approximate surface area is 186 Å². The van der Waals surface area contributed by atoms with Gasteiger partial charge in [-0.15, -0.1) is 11.8 Å². The molecule has 0 spiro atoms. The summed E-state index contributed by atoms with van der Waals surface area (Å²) in [7, 11) is 0. The highest BCUT2D eigenvalue weighted by Gasteiger charge is 2.46. The number of nitrogens with one attached hydrogen (secondary N) is 1. The largest absolute Gasteiger partial charge is 0.508 e. The second kappa shape index (κ2) is 10.4. The normalized spacial score (nSPS) is 20.2. The first-order chi connectivity index (χ1) is 12.7. The van der Waals surface area contributed by atoms with E-state index in [1.54, 1.807) is 6.92 Å². The molecule has 1 amide bonds. The topological polar surface area (TPSA) is 64.6 Å². The van der Waals surface area contributed by atoms with Crippen molar-refractivity contribution in [1.29, 1.82) is 0 Å². The molecule has 0 bridgehead atoms. The van der Waals surface area contributed by atoms with E-state index in [0.29, 0.717) is 3.53 Å². The molecule has 1 aliphatic heterocycles. The summed E-state index contributed by atoms with van der Waals surface area (Å²) in [6.07, 6.45) is -1.71. The summed E-state index contributed by atoms with van der Waals surface area (Å²) >= 11 is 24.8. The zero-order chi connectivity index (χ0) is 20.0. The SMILES string of the molecule is CC(OC(=O)OCC(Cl)(Cl)Cl)[C@H]1C(=O)N[C@@H]1SC(=S)SCc1ccccc1. The van der Waals surface area contributed by atoms with E-state index in [0.717, 1.165) is 11.3 Å². The highest BCUT2D eigenvalue weighted by atomic mass is 35.6. The zero-order valence-corrected chi connectivity index (χ0v) is 18.7. The van der Waals surface area contributed by atoms with Gasteiger partial charge in [-0.2, -0.15) is 0 Å². The van der Waals surface area contributed by atoms with Crippen molar-refractivity contribution >= 4 is 86.1 Å². The molecule has 0 aromatic heterocycles. The maximum atomic E-state index is 11.9. The van der Waals surface area contributed by atoms with Crippen molar-refractivity contribution < 1.29 is 19.1 Å². The highest BCUT2D eigenvalue weighted by Crippen LogP contribution is 2.34. The minimum Gasteiger partial charge on any atom is -0.430 e. The van der Waals surface area contributed by atoms with Crippen LogP contribution in [0.2, 0.25) is 0 Å². The predicted molar refractivity (Wildman–Crippen MR) is 116 cm³/mol. The van der Waals surface area contributed by atoms with Crippen LogP contribution >= 0.6 is 70.5 Å². The van der Waals surface area contributed by atoms with Crippen molar-refractivity contribution in [3.63, 3.8) is 0 Å². The van der Waals surface area contributed by atoms with Gasteiger partial charge in [-0.3, -0.25) is 4.79 Å². The molecule has 1 fully saturated rings. The number of hydrogen-bond acceptors (Lipinski definition) is 7. The van der Waals surface area contributed by atoms with Gasteiger partial charge in [0.1, 0.15) is 22.2 Å². The van der Waals surface area contributed by atoms with Crippen LogP contribution in [0.5, 0.6) is 0 Å². The molecule has 1 aliphatic rings. The fourth-order valence-corrected chi connectivity index (χ4v) is 4.95. The molecule has 3 atom stereocenters. The van der Waals surface area contributed by atoms with E-state index in [9.17, 15) is 9.59 Å². The van der Waals surface area contributed by atoms with Crippen molar-refractivity contribution in [2.45, 2.75) is 27.9 Å². The Hall–Kier alpha value is -0.380. The molecule has 1 aromatic rings. The Morgan fingerprint density at radius 1 is 1.33 bits per heavy atom. The number of hydrogen-bond donors (Lipinski definition) is 1. The zero-order valence-electron chi connectivity index (χ0n) is 14.0. The molecule has 1 heterocycles. The van der Waals surface area contributed by atoms with Gasteiger partial charge in [0.25, 0.3) is 0 Å². The highest BCUT2D eigenvalue weighted by molar-refractivity contribution is 8.47. The van der Waals surface area contributed by atoms with Crippen LogP contribution in [0, 0.1) is 5.92 Å². The molecular weight excluding hydrogens is 473 g/mol. The van der Waals surface area contributed by atoms with Crippen molar-refractivity contribution in [3.05, 3.63) is 35.9 Å². The van der Waals surface area contributed by atoms with Gasteiger partial charge in [-0.1, -0.05) is 89.1 Å². The van der Waals surface area contributed by atoms with Crippen LogP contribution in [0.3, 0.4) is 0 Å². The summed E-state index contributed by atoms with van der Waals surface area (Å²) in [4.78, 5) is 23.5. The Morgan fingerprint density at radius 3 is 2.59 bits per heavy atom. The summed E-state index contributed by atoms with van der Waals surface area (Å²) in [6, 6.07) is 9.93. The standard InChI is InChI=1S/C16H16Cl3NO4S3/c1-9(24-14(22)23-8-16(17,18)19)11-12(21)20-13(11)27-15(25)26-7-10-5-3-2-4-6-10/h2-6,9,11,13H,7-8H2,1H3,(H,20,21)/t9?,11-,13+/m0/s1. The molecule has 0 saturated carbocycles. The minimum atomic E-state index is -1.73. The molecule has 11 heteroatoms. The van der Waals surface area contributed by atoms with Crippen molar-refractivity contribution in [2.24, 2.45) is 5.92 Å². The molecule has 1 aromatic carbocycles. The number of alkyl halides is 3. The second-order valence-corrected chi connectivity index (χ2v) is 11.4. The number of ether oxygens (including phenoxy) is 2. The number of β-lactam (4-membered cyclic amide) rings is 1. The van der Waals surface area contributed by atoms with Crippen LogP contribution < -0.4 is 5.32 Å². The number of rotatable bonds is 6. The summed E-state index contributed by atoms with van der Waals surface area (Å²) in [5, 5.41) is 2.49. The molecular formula is C16H16Cl3NO4S3. The van der Waals surface area contributed by atoms with Gasteiger partial charge in [-0.05, 0) is 12.5 Å². The van der Waals surface area contributed by atoms with Gasteiger partial charge >= 0.3 is 6.16 Å². The fourth-order valence-electron chi connectivity index (χ4n) is 2.18. The molecule has 5 nitrogen and oxygen atoms in total. The summed E-state index contributed by atoms with van der Waals surface area (Å²) in [5.74, 6) is -0.0106. The third kappa shape index (κ3) is 7.87. The van der Waals surface area contributed by atoms with E-state index in [1.165, 1.54) is 23.5 Å². The van der Waals surface area contributed by atoms with Gasteiger partial charge in [0.05, 0.1) is 5.37 Å². The molecule has 1 saturated heterocycles. The predicted octanol–water partition coefficient (Wildman–Crippen LogP) is 4.92. The Morgan fingerprint density at radius 2 is 2.00 bits per heavy atom. The average molecular weight is 489 g/mol. The van der Waals surface area contributed by atoms with Crippen LogP contribution in [0.25, 0.3) is 0 Å². The maximum Gasteiger partial charge on any atom is 0.508 e. The molecule has 1 unspecified atom stereocenters. The second-order valence-electron chi connectivity index (χ2n) is 5.57. The lowest BCUT2D eigenvalue weighted by Gasteiger charge is -2.38. The van der Waals surface area contributed by atoms with Crippen molar-refractivity contribution in [1.82, 2.24) is 5.32 Å². The van der Waals surface area contributed by atoms with E-state index in [-0.39, 0.29) is 11.3 Å². The lowest BCUT2D eigenvalue weighted by atomic mass is 9.96. The van der Waals surface area contributed by atoms with E-state index in [4.69, 9.17) is 56.5 Å². The molecule has 27 heavy (non-hydrogen) atoms. The Kier molecular flexibility index (Phi) is 8.83. The lowest BCUT2D eigenvalue weighted by Crippen LogP contribution is -2.61. The number of halogens is 3. The Balaban J connectivity index is 1.78. The number of carbonyl (C=O) groups is 2. The number of benzene rings is 1. The Bertz CT molecular complexity index is 687. The molecule has 0 aliphatic carbocycles. The first kappa shape index (κ1) is 22.9. The van der Waals surface area contributed by atoms with Crippen LogP contribution in [-0.4, -0.2) is 37.5 Å². The smallest absolute Gasteiger partial charge is 0.430 e. The molecule has 2 rings (SSSR count). The van der Waals surface area contributed by atoms with Crippen LogP contribution in [0.15, 0.2) is 30.3 Å². The number of amides is 1. The van der Waals surface area contributed by atoms with E-state index in [2.05, 4.69) is 5.32 Å². The lowest BCUT2D eigenvalue weighted by molar-refractivity contribution is -0.137. The van der Waals surface area contributed by atoms with Crippen LogP contribution in [-0.2, 0) is 20.0 Å². The quantitative estimate of drug-likeness (QED) is 0.264. The van der Waals surface area contributed by atoms with Gasteiger partial charge in [0, 0.05) is 5.75 Å². The first-order valence-electron chi connectivity index (χ1n) is 7.73. The van der Waals surface area contributed by atoms with Crippen LogP contribution in [0.4, 0.5) is 4.79 Å². The minimum absolute atomic E-state index is 0.218. The fraction of sp³-hybridized carbons (Fsp3) is 0.438. The molecule has 148 valence electrons. The third-order valence-corrected chi connectivity index (χ3v) is 6.66. The summed E-state index contributed by atoms with van der Waals surface area (Å²) in [5.41, 5.74) is 1.16. The summed E-state index contributed by atoms with van der Waals surface area (Å²) in [6.45, 7) is 1.16. The monoisotopic (exact) mass is 487 g/mol. The van der Waals surface area contributed by atoms with Gasteiger partial charge in [0.15, 0.2) is 0 Å². The van der Waals surface area contributed by atoms with Crippen molar-refractivity contribution in [2.75, 3.05) is 6.61 Å². The average Bonchev–Trinajstić information content (AvgIpc) is 2.57. The number of thioether (sulfide) groups is 2. The van der Waals surface area contributed by atoms with Gasteiger partial charge in [0.2, 0.25) is 9.70 Å². The van der Waals surface area contributed by atoms with E-state index < -0.39 is 28.6 Å². The number of carbonyl (C=O) groups excluding carboxylic acids is 2. The van der Waals surface area contributed by atoms with Crippen LogP contribution in [0.1, 0.15) is 12.5 Å². The van der Waals surface area contributed by atoms with Gasteiger partial charge < -0.3 is 14.8 Å². The molecule has 0 radical (unpaired) electrons. The third-order valence-electron chi connectivity index (χ3n) is 3.48. The summed E-state index contributed by atoms with van der Waals surface area (Å²) < 4.78 is 8.78. The molecule has 1 N–H and O–H groups in total. The maximum absolute atomic E-state index is 11.9. The first-order valence-corrected chi connectivity index (χ1v) is 11.1. The van der Waals surface area contributed by atoms with E-state index >= 15 is 0 Å². The van der Waals surface area contributed by atoms with Crippen molar-refractivity contribution in [3.8, 4) is 0 Å². The van der Waals surface area contributed by atoms with Gasteiger partial charge in [-0.25, -0.2) is 4.79 Å². The number of thiocarbonyl (C=S) groups is 1. The van der Waals surface area contributed by atoms with E-state index in [1.807, 2.05) is 30.3 Å².